The smallest absolute Gasteiger partial charge is 0.253 e. The molecule has 6 nitrogen and oxygen atoms in total. The maximum Gasteiger partial charge on any atom is 0.253 e. The van der Waals surface area contributed by atoms with Gasteiger partial charge in [0.15, 0.2) is 0 Å². The van der Waals surface area contributed by atoms with Crippen LogP contribution in [-0.2, 0) is 17.9 Å². The summed E-state index contributed by atoms with van der Waals surface area (Å²) in [6, 6.07) is 15.2. The van der Waals surface area contributed by atoms with Crippen molar-refractivity contribution in [2.75, 3.05) is 18.5 Å². The topological polar surface area (TPSA) is 58.4 Å². The quantitative estimate of drug-likeness (QED) is 0.603. The Bertz CT molecular complexity index is 1060. The Morgan fingerprint density at radius 3 is 2.70 bits per heavy atom. The zero-order valence-electron chi connectivity index (χ0n) is 16.8. The molecule has 2 amide bonds. The van der Waals surface area contributed by atoms with E-state index in [-0.39, 0.29) is 11.8 Å². The Hall–Kier alpha value is -3.12. The summed E-state index contributed by atoms with van der Waals surface area (Å²) >= 11 is 6.30. The fraction of sp³-hybridized carbons (Fsp3) is 0.261. The van der Waals surface area contributed by atoms with E-state index >= 15 is 0 Å². The summed E-state index contributed by atoms with van der Waals surface area (Å²) in [5, 5.41) is 4.88. The van der Waals surface area contributed by atoms with Crippen molar-refractivity contribution >= 4 is 29.1 Å². The Morgan fingerprint density at radius 1 is 1.17 bits per heavy atom. The third-order valence-electron chi connectivity index (χ3n) is 5.20. The standard InChI is InChI=1S/C23H23ClN4O2/c1-26(14-18-13-25-27(16-18)15-17-6-3-2-4-7-17)23(30)19-9-10-20(24)21(12-19)28-11-5-8-22(28)29/h2-4,6-7,9-10,12-13,16H,5,8,11,14-15H2,1H3. The minimum Gasteiger partial charge on any atom is -0.337 e. The molecule has 0 bridgehead atoms. The van der Waals surface area contributed by atoms with E-state index in [2.05, 4.69) is 17.2 Å². The van der Waals surface area contributed by atoms with Crippen molar-refractivity contribution in [3.05, 3.63) is 82.6 Å². The molecule has 0 atom stereocenters. The van der Waals surface area contributed by atoms with Crippen molar-refractivity contribution in [3.8, 4) is 0 Å². The molecule has 0 spiro atoms. The van der Waals surface area contributed by atoms with E-state index in [0.717, 1.165) is 12.0 Å². The summed E-state index contributed by atoms with van der Waals surface area (Å²) in [4.78, 5) is 28.3. The van der Waals surface area contributed by atoms with Gasteiger partial charge in [-0.05, 0) is 30.2 Å². The van der Waals surface area contributed by atoms with E-state index in [9.17, 15) is 9.59 Å². The lowest BCUT2D eigenvalue weighted by molar-refractivity contribution is -0.117. The zero-order chi connectivity index (χ0) is 21.1. The van der Waals surface area contributed by atoms with Crippen molar-refractivity contribution in [1.29, 1.82) is 0 Å². The average Bonchev–Trinajstić information content (AvgIpc) is 3.37. The van der Waals surface area contributed by atoms with Gasteiger partial charge in [-0.25, -0.2) is 0 Å². The van der Waals surface area contributed by atoms with Gasteiger partial charge in [0.25, 0.3) is 5.91 Å². The molecule has 1 aromatic heterocycles. The van der Waals surface area contributed by atoms with E-state index in [4.69, 9.17) is 11.6 Å². The summed E-state index contributed by atoms with van der Waals surface area (Å²) in [6.45, 7) is 1.75. The van der Waals surface area contributed by atoms with Gasteiger partial charge in [-0.3, -0.25) is 14.3 Å². The third kappa shape index (κ3) is 4.39. The van der Waals surface area contributed by atoms with Crippen LogP contribution in [0.3, 0.4) is 0 Å². The summed E-state index contributed by atoms with van der Waals surface area (Å²) in [7, 11) is 1.76. The van der Waals surface area contributed by atoms with Crippen LogP contribution in [0.5, 0.6) is 0 Å². The highest BCUT2D eigenvalue weighted by Crippen LogP contribution is 2.30. The van der Waals surface area contributed by atoms with Gasteiger partial charge in [-0.2, -0.15) is 5.10 Å². The van der Waals surface area contributed by atoms with Crippen LogP contribution < -0.4 is 4.90 Å². The van der Waals surface area contributed by atoms with Crippen LogP contribution in [0.4, 0.5) is 5.69 Å². The molecule has 7 heteroatoms. The maximum absolute atomic E-state index is 13.0. The van der Waals surface area contributed by atoms with Gasteiger partial charge in [-0.15, -0.1) is 0 Å². The van der Waals surface area contributed by atoms with Crippen molar-refractivity contribution in [1.82, 2.24) is 14.7 Å². The van der Waals surface area contributed by atoms with E-state index in [0.29, 0.717) is 42.3 Å². The molecule has 0 N–H and O–H groups in total. The largest absolute Gasteiger partial charge is 0.337 e. The predicted molar refractivity (Wildman–Crippen MR) is 117 cm³/mol. The molecule has 1 fully saturated rings. The molecule has 0 saturated carbocycles. The summed E-state index contributed by atoms with van der Waals surface area (Å²) < 4.78 is 1.86. The van der Waals surface area contributed by atoms with Crippen molar-refractivity contribution in [3.63, 3.8) is 0 Å². The third-order valence-corrected chi connectivity index (χ3v) is 5.52. The van der Waals surface area contributed by atoms with Gasteiger partial charge in [0.05, 0.1) is 23.5 Å². The van der Waals surface area contributed by atoms with Crippen LogP contribution in [0.15, 0.2) is 60.9 Å². The van der Waals surface area contributed by atoms with Gasteiger partial charge in [0.2, 0.25) is 5.91 Å². The van der Waals surface area contributed by atoms with Gasteiger partial charge in [0.1, 0.15) is 0 Å². The number of amides is 2. The molecular weight excluding hydrogens is 400 g/mol. The summed E-state index contributed by atoms with van der Waals surface area (Å²) in [5.41, 5.74) is 3.23. The number of carbonyl (C=O) groups is 2. The highest BCUT2D eigenvalue weighted by Gasteiger charge is 2.25. The lowest BCUT2D eigenvalue weighted by atomic mass is 10.1. The second-order valence-corrected chi connectivity index (χ2v) is 7.92. The molecule has 2 aromatic carbocycles. The number of anilines is 1. The van der Waals surface area contributed by atoms with E-state index < -0.39 is 0 Å². The molecular formula is C23H23ClN4O2. The normalized spacial score (nSPS) is 13.7. The minimum absolute atomic E-state index is 0.0423. The molecule has 30 heavy (non-hydrogen) atoms. The number of benzene rings is 2. The summed E-state index contributed by atoms with van der Waals surface area (Å²) in [5.74, 6) is -0.0870. The number of halogens is 1. The van der Waals surface area contributed by atoms with Crippen LogP contribution in [0.1, 0.15) is 34.3 Å². The first-order valence-electron chi connectivity index (χ1n) is 9.92. The number of aromatic nitrogens is 2. The number of nitrogens with zero attached hydrogens (tertiary/aromatic N) is 4. The lowest BCUT2D eigenvalue weighted by Crippen LogP contribution is -2.27. The fourth-order valence-electron chi connectivity index (χ4n) is 3.67. The van der Waals surface area contributed by atoms with Gasteiger partial charge in [-0.1, -0.05) is 41.9 Å². The van der Waals surface area contributed by atoms with Crippen molar-refractivity contribution in [2.24, 2.45) is 0 Å². The molecule has 0 unspecified atom stereocenters. The highest BCUT2D eigenvalue weighted by molar-refractivity contribution is 6.34. The molecule has 2 heterocycles. The first-order chi connectivity index (χ1) is 14.5. The Labute approximate surface area is 180 Å². The highest BCUT2D eigenvalue weighted by atomic mass is 35.5. The van der Waals surface area contributed by atoms with Crippen LogP contribution in [-0.4, -0.2) is 40.1 Å². The molecule has 1 aliphatic rings. The zero-order valence-corrected chi connectivity index (χ0v) is 17.5. The number of hydrogen-bond donors (Lipinski definition) is 0. The molecule has 0 aliphatic carbocycles. The molecule has 154 valence electrons. The van der Waals surface area contributed by atoms with Crippen LogP contribution in [0, 0.1) is 0 Å². The van der Waals surface area contributed by atoms with Gasteiger partial charge in [0, 0.05) is 43.9 Å². The first kappa shape index (κ1) is 20.2. The second kappa shape index (κ2) is 8.71. The van der Waals surface area contributed by atoms with Crippen LogP contribution in [0.25, 0.3) is 0 Å². The fourth-order valence-corrected chi connectivity index (χ4v) is 3.89. The van der Waals surface area contributed by atoms with E-state index in [1.807, 2.05) is 29.1 Å². The van der Waals surface area contributed by atoms with E-state index in [1.54, 1.807) is 41.2 Å². The number of hydrogen-bond acceptors (Lipinski definition) is 3. The lowest BCUT2D eigenvalue weighted by Gasteiger charge is -2.20. The second-order valence-electron chi connectivity index (χ2n) is 7.51. The average molecular weight is 423 g/mol. The van der Waals surface area contributed by atoms with Crippen LogP contribution in [0.2, 0.25) is 5.02 Å². The predicted octanol–water partition coefficient (Wildman–Crippen LogP) is 3.98. The minimum atomic E-state index is -0.129. The Kier molecular flexibility index (Phi) is 5.86. The Balaban J connectivity index is 1.45. The maximum atomic E-state index is 13.0. The number of rotatable bonds is 6. The van der Waals surface area contributed by atoms with Crippen molar-refractivity contribution < 1.29 is 9.59 Å². The summed E-state index contributed by atoms with van der Waals surface area (Å²) in [6.07, 6.45) is 5.05. The molecule has 1 aliphatic heterocycles. The Morgan fingerprint density at radius 2 is 1.97 bits per heavy atom. The van der Waals surface area contributed by atoms with Crippen LogP contribution >= 0.6 is 11.6 Å². The van der Waals surface area contributed by atoms with Gasteiger partial charge >= 0.3 is 0 Å². The van der Waals surface area contributed by atoms with E-state index in [1.165, 1.54) is 5.56 Å². The monoisotopic (exact) mass is 422 g/mol. The SMILES string of the molecule is CN(Cc1cnn(Cc2ccccc2)c1)C(=O)c1ccc(Cl)c(N2CCCC2=O)c1. The van der Waals surface area contributed by atoms with Gasteiger partial charge < -0.3 is 9.80 Å². The molecule has 3 aromatic rings. The molecule has 1 saturated heterocycles. The number of carbonyl (C=O) groups excluding carboxylic acids is 2. The first-order valence-corrected chi connectivity index (χ1v) is 10.3. The van der Waals surface area contributed by atoms with Crippen molar-refractivity contribution in [2.45, 2.75) is 25.9 Å². The molecule has 4 rings (SSSR count). The molecule has 0 radical (unpaired) electrons.